The van der Waals surface area contributed by atoms with Gasteiger partial charge in [0.25, 0.3) is 11.6 Å². The van der Waals surface area contributed by atoms with Gasteiger partial charge in [0, 0.05) is 36.3 Å². The maximum Gasteiger partial charge on any atom is 0.272 e. The fourth-order valence-corrected chi connectivity index (χ4v) is 4.47. The highest BCUT2D eigenvalue weighted by atomic mass is 32.2. The minimum absolute atomic E-state index is 0.0988. The van der Waals surface area contributed by atoms with Crippen molar-refractivity contribution < 1.29 is 22.9 Å². The zero-order valence-corrected chi connectivity index (χ0v) is 19.2. The van der Waals surface area contributed by atoms with Crippen molar-refractivity contribution in [3.8, 4) is 11.6 Å². The normalized spacial score (nSPS) is 14.8. The first-order chi connectivity index (χ1) is 15.1. The summed E-state index contributed by atoms with van der Waals surface area (Å²) >= 11 is 0. The molecule has 2 aromatic rings. The van der Waals surface area contributed by atoms with Gasteiger partial charge in [0.15, 0.2) is 5.69 Å². The molecule has 0 bridgehead atoms. The Morgan fingerprint density at radius 2 is 2.06 bits per heavy atom. The summed E-state index contributed by atoms with van der Waals surface area (Å²) < 4.78 is 35.8. The molecule has 0 spiro atoms. The maximum absolute atomic E-state index is 13.0. The first-order valence-electron chi connectivity index (χ1n) is 10.4. The molecule has 0 saturated heterocycles. The Kier molecular flexibility index (Phi) is 6.84. The van der Waals surface area contributed by atoms with Gasteiger partial charge in [0.05, 0.1) is 4.92 Å². The van der Waals surface area contributed by atoms with Gasteiger partial charge >= 0.3 is 0 Å². The number of ether oxygens (including phenoxy) is 1. The summed E-state index contributed by atoms with van der Waals surface area (Å²) in [6.07, 6.45) is 2.39. The van der Waals surface area contributed by atoms with Crippen LogP contribution in [0, 0.1) is 17.0 Å². The lowest BCUT2D eigenvalue weighted by molar-refractivity contribution is -0.385. The Balaban J connectivity index is 2.04. The number of aromatic nitrogens is 2. The summed E-state index contributed by atoms with van der Waals surface area (Å²) in [5.41, 5.74) is 0.256. The highest BCUT2D eigenvalue weighted by Crippen LogP contribution is 2.34. The van der Waals surface area contributed by atoms with E-state index in [1.54, 1.807) is 20.8 Å². The number of nitrogens with zero attached hydrogens (tertiary/aromatic N) is 3. The summed E-state index contributed by atoms with van der Waals surface area (Å²) in [5, 5.41) is 18.4. The van der Waals surface area contributed by atoms with Gasteiger partial charge in [-0.25, -0.2) is 17.8 Å². The Labute approximate surface area is 186 Å². The predicted molar refractivity (Wildman–Crippen MR) is 116 cm³/mol. The van der Waals surface area contributed by atoms with Crippen LogP contribution in [-0.4, -0.2) is 41.1 Å². The molecular weight excluding hydrogens is 438 g/mol. The Morgan fingerprint density at radius 1 is 1.38 bits per heavy atom. The lowest BCUT2D eigenvalue weighted by Crippen LogP contribution is -2.32. The highest BCUT2D eigenvalue weighted by Gasteiger charge is 2.30. The quantitative estimate of drug-likeness (QED) is 0.405. The first kappa shape index (κ1) is 23.7. The van der Waals surface area contributed by atoms with E-state index in [4.69, 9.17) is 4.74 Å². The zero-order valence-electron chi connectivity index (χ0n) is 18.4. The molecule has 1 aliphatic rings. The van der Waals surface area contributed by atoms with Crippen LogP contribution in [0.1, 0.15) is 56.1 Å². The average molecular weight is 466 g/mol. The smallest absolute Gasteiger partial charge is 0.272 e. The van der Waals surface area contributed by atoms with Crippen molar-refractivity contribution in [2.75, 3.05) is 0 Å². The van der Waals surface area contributed by atoms with Crippen LogP contribution >= 0.6 is 0 Å². The number of sulfonamides is 1. The molecule has 0 unspecified atom stereocenters. The number of hydrogen-bond acceptors (Lipinski definition) is 7. The van der Waals surface area contributed by atoms with Gasteiger partial charge in [-0.2, -0.15) is 5.10 Å². The van der Waals surface area contributed by atoms with Crippen molar-refractivity contribution in [3.05, 3.63) is 39.6 Å². The standard InChI is InChI=1S/C20H27N5O6S/c1-5-12(3)23-32(29,30)17-11-15(25(27)28)9-10-16(17)31-20-13(4)18(22-24(20)6-2)19(26)21-14-7-8-14/h9-12,14,23H,5-8H2,1-4H3,(H,21,26)/t12-/m1/s1. The number of benzene rings is 1. The molecule has 0 radical (unpaired) electrons. The van der Waals surface area contributed by atoms with Crippen LogP contribution in [0.4, 0.5) is 5.69 Å². The molecule has 3 rings (SSSR count). The minimum Gasteiger partial charge on any atom is -0.438 e. The summed E-state index contributed by atoms with van der Waals surface area (Å²) in [7, 11) is -4.12. The minimum atomic E-state index is -4.12. The van der Waals surface area contributed by atoms with Gasteiger partial charge in [0.1, 0.15) is 10.6 Å². The van der Waals surface area contributed by atoms with Crippen LogP contribution < -0.4 is 14.8 Å². The number of non-ortho nitro benzene ring substituents is 1. The fourth-order valence-electron chi connectivity index (χ4n) is 3.00. The van der Waals surface area contributed by atoms with Crippen molar-refractivity contribution in [2.45, 2.75) is 70.5 Å². The molecule has 1 aromatic heterocycles. The topological polar surface area (TPSA) is 145 Å². The van der Waals surface area contributed by atoms with E-state index in [0.29, 0.717) is 18.5 Å². The van der Waals surface area contributed by atoms with E-state index in [9.17, 15) is 23.3 Å². The van der Waals surface area contributed by atoms with E-state index in [-0.39, 0.29) is 45.9 Å². The number of amides is 1. The van der Waals surface area contributed by atoms with Gasteiger partial charge < -0.3 is 10.1 Å². The van der Waals surface area contributed by atoms with Crippen LogP contribution in [0.3, 0.4) is 0 Å². The number of nitro groups is 1. The highest BCUT2D eigenvalue weighted by molar-refractivity contribution is 7.89. The third kappa shape index (κ3) is 5.07. The van der Waals surface area contributed by atoms with Gasteiger partial charge in [0.2, 0.25) is 15.9 Å². The molecule has 1 saturated carbocycles. The van der Waals surface area contributed by atoms with E-state index < -0.39 is 14.9 Å². The van der Waals surface area contributed by atoms with Crippen LogP contribution in [0.5, 0.6) is 11.6 Å². The van der Waals surface area contributed by atoms with Crippen LogP contribution in [0.25, 0.3) is 0 Å². The van der Waals surface area contributed by atoms with E-state index in [0.717, 1.165) is 18.9 Å². The van der Waals surface area contributed by atoms with Gasteiger partial charge in [-0.05, 0) is 46.1 Å². The monoisotopic (exact) mass is 465 g/mol. The maximum atomic E-state index is 13.0. The molecule has 32 heavy (non-hydrogen) atoms. The molecule has 1 aliphatic carbocycles. The third-order valence-electron chi connectivity index (χ3n) is 5.16. The lowest BCUT2D eigenvalue weighted by atomic mass is 10.2. The van der Waals surface area contributed by atoms with Crippen LogP contribution in [0.2, 0.25) is 0 Å². The molecule has 12 heteroatoms. The van der Waals surface area contributed by atoms with Gasteiger partial charge in [-0.3, -0.25) is 14.9 Å². The van der Waals surface area contributed by atoms with E-state index in [1.807, 2.05) is 6.92 Å². The van der Waals surface area contributed by atoms with Gasteiger partial charge in [-0.15, -0.1) is 0 Å². The number of nitrogens with one attached hydrogen (secondary N) is 2. The van der Waals surface area contributed by atoms with Gasteiger partial charge in [-0.1, -0.05) is 6.92 Å². The molecule has 11 nitrogen and oxygen atoms in total. The first-order valence-corrected chi connectivity index (χ1v) is 11.9. The molecule has 1 atom stereocenters. The van der Waals surface area contributed by atoms with E-state index in [2.05, 4.69) is 15.1 Å². The number of carbonyl (C=O) groups is 1. The molecule has 174 valence electrons. The summed E-state index contributed by atoms with van der Waals surface area (Å²) in [6, 6.07) is 3.13. The summed E-state index contributed by atoms with van der Waals surface area (Å²) in [6.45, 7) is 7.34. The van der Waals surface area contributed by atoms with Crippen molar-refractivity contribution in [3.63, 3.8) is 0 Å². The van der Waals surface area contributed by atoms with E-state index >= 15 is 0 Å². The number of aryl methyl sites for hydroxylation is 1. The molecule has 1 amide bonds. The van der Waals surface area contributed by atoms with Crippen molar-refractivity contribution >= 4 is 21.6 Å². The zero-order chi connectivity index (χ0) is 23.6. The SMILES string of the molecule is CC[C@@H](C)NS(=O)(=O)c1cc([N+](=O)[O-])ccc1Oc1c(C)c(C(=O)NC2CC2)nn1CC. The summed E-state index contributed by atoms with van der Waals surface area (Å²) in [5.74, 6) is -0.224. The predicted octanol–water partition coefficient (Wildman–Crippen LogP) is 2.88. The van der Waals surface area contributed by atoms with Crippen LogP contribution in [-0.2, 0) is 16.6 Å². The Morgan fingerprint density at radius 3 is 2.62 bits per heavy atom. The lowest BCUT2D eigenvalue weighted by Gasteiger charge is -2.16. The molecule has 0 aliphatic heterocycles. The molecule has 1 heterocycles. The average Bonchev–Trinajstić information content (AvgIpc) is 3.50. The van der Waals surface area contributed by atoms with Crippen molar-refractivity contribution in [1.29, 1.82) is 0 Å². The number of hydrogen-bond donors (Lipinski definition) is 2. The fraction of sp³-hybridized carbons (Fsp3) is 0.500. The Hall–Kier alpha value is -2.99. The second kappa shape index (κ2) is 9.25. The number of carbonyl (C=O) groups excluding carboxylic acids is 1. The summed E-state index contributed by atoms with van der Waals surface area (Å²) in [4.78, 5) is 22.7. The van der Waals surface area contributed by atoms with Crippen molar-refractivity contribution in [2.24, 2.45) is 0 Å². The Bertz CT molecular complexity index is 1140. The number of rotatable bonds is 10. The molecule has 2 N–H and O–H groups in total. The molecular formula is C20H27N5O6S. The largest absolute Gasteiger partial charge is 0.438 e. The number of nitro benzene ring substituents is 1. The van der Waals surface area contributed by atoms with Crippen LogP contribution in [0.15, 0.2) is 23.1 Å². The second-order valence-electron chi connectivity index (χ2n) is 7.76. The van der Waals surface area contributed by atoms with E-state index in [1.165, 1.54) is 16.8 Å². The molecule has 1 fully saturated rings. The second-order valence-corrected chi connectivity index (χ2v) is 9.45. The van der Waals surface area contributed by atoms with Crippen molar-refractivity contribution in [1.82, 2.24) is 19.8 Å². The molecule has 1 aromatic carbocycles. The third-order valence-corrected chi connectivity index (χ3v) is 6.77.